The third-order valence-electron chi connectivity index (χ3n) is 4.59. The van der Waals surface area contributed by atoms with Crippen LogP contribution >= 0.6 is 12.6 Å². The Balaban J connectivity index is 2.03. The van der Waals surface area contributed by atoms with Crippen molar-refractivity contribution in [2.24, 2.45) is 5.73 Å². The van der Waals surface area contributed by atoms with E-state index in [-0.39, 0.29) is 11.9 Å². The molecule has 0 bridgehead atoms. The summed E-state index contributed by atoms with van der Waals surface area (Å²) in [4.78, 5) is 17.1. The molecule has 1 aromatic rings. The van der Waals surface area contributed by atoms with Crippen molar-refractivity contribution in [3.8, 4) is 0 Å². The predicted molar refractivity (Wildman–Crippen MR) is 94.7 cm³/mol. The summed E-state index contributed by atoms with van der Waals surface area (Å²) in [6.07, 6.45) is 0. The van der Waals surface area contributed by atoms with Gasteiger partial charge in [-0.3, -0.25) is 9.69 Å². The molecule has 22 heavy (non-hydrogen) atoms. The molecule has 1 aliphatic heterocycles. The van der Waals surface area contributed by atoms with Gasteiger partial charge < -0.3 is 10.6 Å². The Morgan fingerprint density at radius 1 is 1.41 bits per heavy atom. The summed E-state index contributed by atoms with van der Waals surface area (Å²) in [5, 5.41) is 0. The zero-order valence-corrected chi connectivity index (χ0v) is 14.6. The smallest absolute Gasteiger partial charge is 0.254 e. The van der Waals surface area contributed by atoms with Crippen molar-refractivity contribution in [3.05, 3.63) is 34.9 Å². The van der Waals surface area contributed by atoms with Gasteiger partial charge >= 0.3 is 0 Å². The second-order valence-electron chi connectivity index (χ2n) is 6.29. The normalized spacial score (nSPS) is 21.0. The maximum atomic E-state index is 12.8. The van der Waals surface area contributed by atoms with Gasteiger partial charge in [-0.2, -0.15) is 12.6 Å². The Kier molecular flexibility index (Phi) is 5.89. The van der Waals surface area contributed by atoms with Crippen molar-refractivity contribution in [1.29, 1.82) is 0 Å². The van der Waals surface area contributed by atoms with Gasteiger partial charge in [0.25, 0.3) is 5.91 Å². The second-order valence-corrected chi connectivity index (χ2v) is 6.65. The molecule has 1 saturated heterocycles. The SMILES string of the molecule is Cc1cccc(C(=O)N2CCN(C[C@@H](N)CS)C(C)C2)c1C. The van der Waals surface area contributed by atoms with Crippen LogP contribution in [-0.4, -0.2) is 59.7 Å². The summed E-state index contributed by atoms with van der Waals surface area (Å²) < 4.78 is 0. The number of nitrogens with two attached hydrogens (primary N) is 1. The molecule has 4 nitrogen and oxygen atoms in total. The minimum absolute atomic E-state index is 0.0899. The van der Waals surface area contributed by atoms with E-state index in [1.807, 2.05) is 36.9 Å². The zero-order chi connectivity index (χ0) is 16.3. The highest BCUT2D eigenvalue weighted by Gasteiger charge is 2.28. The van der Waals surface area contributed by atoms with Gasteiger partial charge in [0.15, 0.2) is 0 Å². The monoisotopic (exact) mass is 321 g/mol. The van der Waals surface area contributed by atoms with E-state index in [1.54, 1.807) is 0 Å². The molecule has 1 heterocycles. The molecule has 0 spiro atoms. The minimum Gasteiger partial charge on any atom is -0.336 e. The largest absolute Gasteiger partial charge is 0.336 e. The van der Waals surface area contributed by atoms with Crippen molar-refractivity contribution < 1.29 is 4.79 Å². The summed E-state index contributed by atoms with van der Waals surface area (Å²) in [5.41, 5.74) is 9.06. The minimum atomic E-state index is 0.0899. The highest BCUT2D eigenvalue weighted by Crippen LogP contribution is 2.18. The van der Waals surface area contributed by atoms with Crippen molar-refractivity contribution in [1.82, 2.24) is 9.80 Å². The van der Waals surface area contributed by atoms with E-state index in [0.29, 0.717) is 11.8 Å². The van der Waals surface area contributed by atoms with Gasteiger partial charge in [0.1, 0.15) is 0 Å². The first kappa shape index (κ1) is 17.3. The number of rotatable bonds is 4. The molecule has 0 aliphatic carbocycles. The van der Waals surface area contributed by atoms with Gasteiger partial charge in [-0.05, 0) is 38.0 Å². The highest BCUT2D eigenvalue weighted by molar-refractivity contribution is 7.80. The summed E-state index contributed by atoms with van der Waals surface area (Å²) in [6, 6.07) is 6.35. The number of benzene rings is 1. The molecule has 5 heteroatoms. The molecule has 0 radical (unpaired) electrons. The Hall–Kier alpha value is -1.04. The topological polar surface area (TPSA) is 49.6 Å². The lowest BCUT2D eigenvalue weighted by Gasteiger charge is -2.41. The number of thiol groups is 1. The van der Waals surface area contributed by atoms with Crippen LogP contribution in [0.2, 0.25) is 0 Å². The first-order valence-electron chi connectivity index (χ1n) is 7.90. The van der Waals surface area contributed by atoms with Gasteiger partial charge in [0.2, 0.25) is 0 Å². The average molecular weight is 321 g/mol. The molecule has 2 rings (SSSR count). The third-order valence-corrected chi connectivity index (χ3v) is 5.06. The number of carbonyl (C=O) groups is 1. The molecule has 2 atom stereocenters. The lowest BCUT2D eigenvalue weighted by molar-refractivity contribution is 0.0505. The number of nitrogens with zero attached hydrogens (tertiary/aromatic N) is 2. The Morgan fingerprint density at radius 2 is 2.14 bits per heavy atom. The molecule has 1 aliphatic rings. The number of piperazine rings is 1. The van der Waals surface area contributed by atoms with Gasteiger partial charge in [-0.1, -0.05) is 12.1 Å². The number of carbonyl (C=O) groups excluding carboxylic acids is 1. The number of amides is 1. The molecule has 1 amide bonds. The highest BCUT2D eigenvalue weighted by atomic mass is 32.1. The van der Waals surface area contributed by atoms with Crippen molar-refractivity contribution in [2.45, 2.75) is 32.9 Å². The van der Waals surface area contributed by atoms with E-state index in [0.717, 1.165) is 42.9 Å². The Morgan fingerprint density at radius 3 is 2.77 bits per heavy atom. The lowest BCUT2D eigenvalue weighted by Crippen LogP contribution is -2.56. The number of hydrogen-bond donors (Lipinski definition) is 2. The molecule has 1 unspecified atom stereocenters. The lowest BCUT2D eigenvalue weighted by atomic mass is 10.0. The van der Waals surface area contributed by atoms with Crippen LogP contribution in [0.5, 0.6) is 0 Å². The van der Waals surface area contributed by atoms with Gasteiger partial charge in [-0.25, -0.2) is 0 Å². The maximum Gasteiger partial charge on any atom is 0.254 e. The number of aryl methyl sites for hydroxylation is 1. The first-order valence-corrected chi connectivity index (χ1v) is 8.53. The van der Waals surface area contributed by atoms with Crippen molar-refractivity contribution >= 4 is 18.5 Å². The van der Waals surface area contributed by atoms with E-state index in [4.69, 9.17) is 5.73 Å². The molecule has 1 aromatic carbocycles. The van der Waals surface area contributed by atoms with E-state index >= 15 is 0 Å². The summed E-state index contributed by atoms with van der Waals surface area (Å²) in [6.45, 7) is 9.46. The van der Waals surface area contributed by atoms with Crippen LogP contribution in [0.3, 0.4) is 0 Å². The molecular weight excluding hydrogens is 294 g/mol. The van der Waals surface area contributed by atoms with E-state index in [1.165, 1.54) is 0 Å². The van der Waals surface area contributed by atoms with Gasteiger partial charge in [0.05, 0.1) is 0 Å². The van der Waals surface area contributed by atoms with Crippen molar-refractivity contribution in [2.75, 3.05) is 31.9 Å². The molecular formula is C17H27N3OS. The van der Waals surface area contributed by atoms with E-state index in [9.17, 15) is 4.79 Å². The van der Waals surface area contributed by atoms with E-state index < -0.39 is 0 Å². The fraction of sp³-hybridized carbons (Fsp3) is 0.588. The average Bonchev–Trinajstić information content (AvgIpc) is 2.51. The number of hydrogen-bond acceptors (Lipinski definition) is 4. The second kappa shape index (κ2) is 7.49. The molecule has 1 fully saturated rings. The van der Waals surface area contributed by atoms with Crippen LogP contribution in [0.15, 0.2) is 18.2 Å². The molecule has 0 aromatic heterocycles. The summed E-state index contributed by atoms with van der Waals surface area (Å²) in [5.74, 6) is 0.833. The maximum absolute atomic E-state index is 12.8. The van der Waals surface area contributed by atoms with E-state index in [2.05, 4.69) is 24.5 Å². The Labute approximate surface area is 139 Å². The molecule has 122 valence electrons. The molecule has 2 N–H and O–H groups in total. The zero-order valence-electron chi connectivity index (χ0n) is 13.7. The molecule has 0 saturated carbocycles. The van der Waals surface area contributed by atoms with Crippen LogP contribution in [0.4, 0.5) is 0 Å². The van der Waals surface area contributed by atoms with Crippen LogP contribution in [0, 0.1) is 13.8 Å². The van der Waals surface area contributed by atoms with Crippen LogP contribution in [-0.2, 0) is 0 Å². The third kappa shape index (κ3) is 3.83. The van der Waals surface area contributed by atoms with Crippen LogP contribution in [0.1, 0.15) is 28.4 Å². The van der Waals surface area contributed by atoms with Crippen molar-refractivity contribution in [3.63, 3.8) is 0 Å². The standard InChI is InChI=1S/C17H27N3OS/c1-12-5-4-6-16(14(12)3)17(21)20-8-7-19(13(2)9-20)10-15(18)11-22/h4-6,13,15,22H,7-11,18H2,1-3H3/t13?,15-/m1/s1. The first-order chi connectivity index (χ1) is 10.4. The quantitative estimate of drug-likeness (QED) is 0.830. The van der Waals surface area contributed by atoms with Crippen LogP contribution < -0.4 is 5.73 Å². The summed E-state index contributed by atoms with van der Waals surface area (Å²) in [7, 11) is 0. The van der Waals surface area contributed by atoms with Gasteiger partial charge in [-0.15, -0.1) is 0 Å². The Bertz CT molecular complexity index is 535. The summed E-state index contributed by atoms with van der Waals surface area (Å²) >= 11 is 4.25. The van der Waals surface area contributed by atoms with Gasteiger partial charge in [0, 0.05) is 49.6 Å². The predicted octanol–water partition coefficient (Wildman–Crippen LogP) is 1.71. The van der Waals surface area contributed by atoms with Crippen LogP contribution in [0.25, 0.3) is 0 Å². The fourth-order valence-electron chi connectivity index (χ4n) is 2.96. The fourth-order valence-corrected chi connectivity index (χ4v) is 3.08.